The fraction of sp³-hybridized carbons (Fsp3) is 0.304. The van der Waals surface area contributed by atoms with Crippen LogP contribution in [-0.2, 0) is 22.7 Å². The Kier molecular flexibility index (Phi) is 5.22. The summed E-state index contributed by atoms with van der Waals surface area (Å²) in [7, 11) is 3.51. The summed E-state index contributed by atoms with van der Waals surface area (Å²) < 4.78 is 6.90. The Labute approximate surface area is 173 Å². The number of Topliss-reactive ketones (excluding diaryl/α,β-unsaturated/α-hetero) is 1. The molecule has 0 unspecified atom stereocenters. The molecule has 1 aromatic carbocycles. The van der Waals surface area contributed by atoms with E-state index < -0.39 is 5.97 Å². The highest BCUT2D eigenvalue weighted by Gasteiger charge is 2.27. The number of ketones is 1. The largest absolute Gasteiger partial charge is 0.460 e. The van der Waals surface area contributed by atoms with Crippen LogP contribution in [0.4, 0.5) is 0 Å². The SMILES string of the molecule is CCC(=O)c1cc2n(c(=O)c1COC(=O)CN(C)C)Cc1cc3ccccc3nc1-2. The molecule has 3 heterocycles. The van der Waals surface area contributed by atoms with Gasteiger partial charge in [0.15, 0.2) is 5.78 Å². The van der Waals surface area contributed by atoms with Gasteiger partial charge in [0.1, 0.15) is 6.61 Å². The van der Waals surface area contributed by atoms with Crippen LogP contribution < -0.4 is 5.56 Å². The topological polar surface area (TPSA) is 81.5 Å². The van der Waals surface area contributed by atoms with Crippen molar-refractivity contribution in [3.8, 4) is 11.4 Å². The standard InChI is InChI=1S/C23H23N3O4/c1-4-20(27)16-10-19-22-15(9-14-7-5-6-8-18(14)24-22)11-26(19)23(29)17(16)13-30-21(28)12-25(2)3/h5-10H,4,11-13H2,1-3H3. The van der Waals surface area contributed by atoms with Crippen molar-refractivity contribution in [2.45, 2.75) is 26.5 Å². The van der Waals surface area contributed by atoms with Crippen LogP contribution in [0.3, 0.4) is 0 Å². The maximum Gasteiger partial charge on any atom is 0.320 e. The summed E-state index contributed by atoms with van der Waals surface area (Å²) in [5, 5.41) is 1.000. The van der Waals surface area contributed by atoms with Gasteiger partial charge in [0, 0.05) is 22.9 Å². The molecule has 30 heavy (non-hydrogen) atoms. The zero-order chi connectivity index (χ0) is 21.4. The van der Waals surface area contributed by atoms with Crippen molar-refractivity contribution in [1.29, 1.82) is 0 Å². The maximum absolute atomic E-state index is 13.3. The van der Waals surface area contributed by atoms with E-state index in [1.807, 2.05) is 30.3 Å². The van der Waals surface area contributed by atoms with Crippen LogP contribution in [0.15, 0.2) is 41.2 Å². The first kappa shape index (κ1) is 20.0. The molecule has 7 nitrogen and oxygen atoms in total. The lowest BCUT2D eigenvalue weighted by Crippen LogP contribution is -2.29. The number of hydrogen-bond acceptors (Lipinski definition) is 6. The van der Waals surface area contributed by atoms with Crippen molar-refractivity contribution in [2.75, 3.05) is 20.6 Å². The molecule has 1 aliphatic heterocycles. The predicted octanol–water partition coefficient (Wildman–Crippen LogP) is 2.62. The molecule has 7 heteroatoms. The van der Waals surface area contributed by atoms with Gasteiger partial charge >= 0.3 is 5.97 Å². The van der Waals surface area contributed by atoms with E-state index in [4.69, 9.17) is 9.72 Å². The average Bonchev–Trinajstić information content (AvgIpc) is 3.08. The molecule has 0 radical (unpaired) electrons. The smallest absolute Gasteiger partial charge is 0.320 e. The molecule has 0 amide bonds. The molecule has 0 atom stereocenters. The summed E-state index contributed by atoms with van der Waals surface area (Å²) in [6.07, 6.45) is 0.250. The van der Waals surface area contributed by atoms with Crippen molar-refractivity contribution in [3.63, 3.8) is 0 Å². The molecule has 0 aliphatic carbocycles. The number of aromatic nitrogens is 2. The monoisotopic (exact) mass is 405 g/mol. The zero-order valence-corrected chi connectivity index (χ0v) is 17.3. The first-order valence-corrected chi connectivity index (χ1v) is 9.88. The van der Waals surface area contributed by atoms with Gasteiger partial charge in [-0.2, -0.15) is 0 Å². The second kappa shape index (κ2) is 7.84. The van der Waals surface area contributed by atoms with Crippen LogP contribution in [-0.4, -0.2) is 46.8 Å². The molecule has 0 saturated heterocycles. The Hall–Kier alpha value is -3.32. The Balaban J connectivity index is 1.80. The van der Waals surface area contributed by atoms with Gasteiger partial charge in [0.2, 0.25) is 0 Å². The van der Waals surface area contributed by atoms with Gasteiger partial charge in [0.05, 0.1) is 35.6 Å². The molecule has 0 spiro atoms. The Morgan fingerprint density at radius 1 is 1.20 bits per heavy atom. The van der Waals surface area contributed by atoms with Crippen molar-refractivity contribution in [3.05, 3.63) is 63.4 Å². The number of carbonyl (C=O) groups is 2. The Bertz CT molecular complexity index is 1230. The third kappa shape index (κ3) is 3.52. The number of esters is 1. The maximum atomic E-state index is 13.3. The van der Waals surface area contributed by atoms with Crippen LogP contribution in [0.2, 0.25) is 0 Å². The number of ether oxygens (including phenoxy) is 1. The normalized spacial score (nSPS) is 12.1. The highest BCUT2D eigenvalue weighted by Crippen LogP contribution is 2.32. The van der Waals surface area contributed by atoms with E-state index in [-0.39, 0.29) is 36.5 Å². The zero-order valence-electron chi connectivity index (χ0n) is 17.3. The minimum atomic E-state index is -0.448. The number of nitrogens with zero attached hydrogens (tertiary/aromatic N) is 3. The van der Waals surface area contributed by atoms with Crippen molar-refractivity contribution >= 4 is 22.7 Å². The van der Waals surface area contributed by atoms with Gasteiger partial charge < -0.3 is 9.30 Å². The summed E-state index contributed by atoms with van der Waals surface area (Å²) in [5.41, 5.74) is 3.31. The lowest BCUT2D eigenvalue weighted by atomic mass is 10.0. The summed E-state index contributed by atoms with van der Waals surface area (Å²) in [6.45, 7) is 2.00. The molecule has 154 valence electrons. The predicted molar refractivity (Wildman–Crippen MR) is 114 cm³/mol. The molecular formula is C23H23N3O4. The van der Waals surface area contributed by atoms with Crippen LogP contribution in [0.1, 0.15) is 34.8 Å². The molecule has 0 bridgehead atoms. The Morgan fingerprint density at radius 3 is 2.70 bits per heavy atom. The molecule has 3 aromatic rings. The van der Waals surface area contributed by atoms with E-state index >= 15 is 0 Å². The van der Waals surface area contributed by atoms with Gasteiger partial charge in [-0.15, -0.1) is 0 Å². The molecular weight excluding hydrogens is 382 g/mol. The number of carbonyl (C=O) groups excluding carboxylic acids is 2. The highest BCUT2D eigenvalue weighted by atomic mass is 16.5. The summed E-state index contributed by atoms with van der Waals surface area (Å²) in [6, 6.07) is 11.5. The van der Waals surface area contributed by atoms with Crippen molar-refractivity contribution < 1.29 is 14.3 Å². The number of para-hydroxylation sites is 1. The van der Waals surface area contributed by atoms with Crippen LogP contribution in [0, 0.1) is 0 Å². The first-order chi connectivity index (χ1) is 14.4. The summed E-state index contributed by atoms with van der Waals surface area (Å²) in [4.78, 5) is 44.3. The van der Waals surface area contributed by atoms with Crippen LogP contribution in [0.25, 0.3) is 22.3 Å². The molecule has 0 fully saturated rings. The minimum absolute atomic E-state index is 0.102. The number of fused-ring (bicyclic) bond motifs is 4. The quantitative estimate of drug-likeness (QED) is 0.362. The summed E-state index contributed by atoms with van der Waals surface area (Å²) in [5.74, 6) is -0.612. The van der Waals surface area contributed by atoms with E-state index in [0.717, 1.165) is 16.5 Å². The van der Waals surface area contributed by atoms with E-state index in [0.29, 0.717) is 23.5 Å². The number of rotatable bonds is 6. The van der Waals surface area contributed by atoms with Gasteiger partial charge in [-0.25, -0.2) is 4.98 Å². The second-order valence-electron chi connectivity index (χ2n) is 7.68. The number of hydrogen-bond donors (Lipinski definition) is 0. The average molecular weight is 405 g/mol. The third-order valence-corrected chi connectivity index (χ3v) is 5.22. The van der Waals surface area contributed by atoms with Gasteiger partial charge in [-0.1, -0.05) is 25.1 Å². The minimum Gasteiger partial charge on any atom is -0.460 e. The highest BCUT2D eigenvalue weighted by molar-refractivity contribution is 5.98. The second-order valence-corrected chi connectivity index (χ2v) is 7.68. The van der Waals surface area contributed by atoms with Gasteiger partial charge in [-0.3, -0.25) is 19.3 Å². The molecule has 1 aliphatic rings. The Morgan fingerprint density at radius 2 is 1.97 bits per heavy atom. The lowest BCUT2D eigenvalue weighted by molar-refractivity contribution is -0.145. The van der Waals surface area contributed by atoms with Crippen molar-refractivity contribution in [2.24, 2.45) is 0 Å². The third-order valence-electron chi connectivity index (χ3n) is 5.22. The molecule has 0 N–H and O–H groups in total. The van der Waals surface area contributed by atoms with Crippen LogP contribution >= 0.6 is 0 Å². The molecule has 0 saturated carbocycles. The van der Waals surface area contributed by atoms with Gasteiger partial charge in [0.25, 0.3) is 5.56 Å². The fourth-order valence-electron chi connectivity index (χ4n) is 3.75. The van der Waals surface area contributed by atoms with E-state index in [2.05, 4.69) is 0 Å². The van der Waals surface area contributed by atoms with E-state index in [1.54, 1.807) is 36.6 Å². The lowest BCUT2D eigenvalue weighted by Gasteiger charge is -2.14. The number of pyridine rings is 2. The molecule has 4 rings (SSSR count). The van der Waals surface area contributed by atoms with E-state index in [1.165, 1.54) is 0 Å². The fourth-order valence-corrected chi connectivity index (χ4v) is 3.75. The number of likely N-dealkylation sites (N-methyl/N-ethyl adjacent to an activating group) is 1. The van der Waals surface area contributed by atoms with Crippen molar-refractivity contribution in [1.82, 2.24) is 14.5 Å². The van der Waals surface area contributed by atoms with Crippen LogP contribution in [0.5, 0.6) is 0 Å². The van der Waals surface area contributed by atoms with E-state index in [9.17, 15) is 14.4 Å². The van der Waals surface area contributed by atoms with Gasteiger partial charge in [-0.05, 0) is 32.3 Å². The number of benzene rings is 1. The summed E-state index contributed by atoms with van der Waals surface area (Å²) >= 11 is 0. The molecule has 2 aromatic heterocycles. The first-order valence-electron chi connectivity index (χ1n) is 9.88.